The zero-order chi connectivity index (χ0) is 14.5. The van der Waals surface area contributed by atoms with Crippen LogP contribution in [0.3, 0.4) is 0 Å². The molecular formula is C15H14FNO2S. The summed E-state index contributed by atoms with van der Waals surface area (Å²) in [5.74, 6) is -1.42. The van der Waals surface area contributed by atoms with E-state index in [2.05, 4.69) is 0 Å². The van der Waals surface area contributed by atoms with Crippen LogP contribution in [0.1, 0.15) is 11.1 Å². The lowest BCUT2D eigenvalue weighted by Gasteiger charge is -2.21. The van der Waals surface area contributed by atoms with Crippen molar-refractivity contribution in [2.75, 3.05) is 11.9 Å². The average molecular weight is 291 g/mol. The van der Waals surface area contributed by atoms with Crippen LogP contribution in [0, 0.1) is 5.82 Å². The topological polar surface area (TPSA) is 40.5 Å². The van der Waals surface area contributed by atoms with Gasteiger partial charge in [-0.3, -0.25) is 0 Å². The zero-order valence-corrected chi connectivity index (χ0v) is 11.7. The van der Waals surface area contributed by atoms with E-state index in [1.807, 2.05) is 16.8 Å². The summed E-state index contributed by atoms with van der Waals surface area (Å²) >= 11 is 1.59. The van der Waals surface area contributed by atoms with Crippen molar-refractivity contribution in [3.63, 3.8) is 0 Å². The number of hydrogen-bond acceptors (Lipinski definition) is 3. The van der Waals surface area contributed by atoms with Crippen molar-refractivity contribution in [3.05, 3.63) is 58.0 Å². The molecule has 0 fully saturated rings. The SMILES string of the molecule is CN(Cc1ccsc1)c1c(F)cccc1/C=C/C(=O)O. The first kappa shape index (κ1) is 14.3. The van der Waals surface area contributed by atoms with E-state index in [0.29, 0.717) is 17.8 Å². The summed E-state index contributed by atoms with van der Waals surface area (Å²) in [5.41, 5.74) is 2.04. The van der Waals surface area contributed by atoms with Crippen molar-refractivity contribution < 1.29 is 14.3 Å². The maximum atomic E-state index is 14.0. The first-order valence-corrected chi connectivity index (χ1v) is 6.94. The standard InChI is InChI=1S/C15H14FNO2S/c1-17(9-11-7-8-20-10-11)15-12(5-6-14(18)19)3-2-4-13(15)16/h2-8,10H,9H2,1H3,(H,18,19)/b6-5+. The van der Waals surface area contributed by atoms with Crippen LogP contribution >= 0.6 is 11.3 Å². The Hall–Kier alpha value is -2.14. The molecule has 0 spiro atoms. The van der Waals surface area contributed by atoms with E-state index in [-0.39, 0.29) is 5.82 Å². The monoisotopic (exact) mass is 291 g/mol. The molecule has 0 aliphatic rings. The summed E-state index contributed by atoms with van der Waals surface area (Å²) in [6.45, 7) is 0.568. The smallest absolute Gasteiger partial charge is 0.328 e. The van der Waals surface area contributed by atoms with E-state index in [0.717, 1.165) is 11.6 Å². The molecule has 0 bridgehead atoms. The van der Waals surface area contributed by atoms with E-state index in [4.69, 9.17) is 5.11 Å². The van der Waals surface area contributed by atoms with E-state index in [9.17, 15) is 9.18 Å². The van der Waals surface area contributed by atoms with Crippen molar-refractivity contribution in [2.24, 2.45) is 0 Å². The number of nitrogens with zero attached hydrogens (tertiary/aromatic N) is 1. The molecule has 1 aromatic heterocycles. The third kappa shape index (κ3) is 3.45. The molecule has 0 saturated heterocycles. The van der Waals surface area contributed by atoms with Crippen LogP contribution in [0.15, 0.2) is 41.1 Å². The van der Waals surface area contributed by atoms with Crippen LogP contribution in [-0.4, -0.2) is 18.1 Å². The molecule has 2 aromatic rings. The normalized spacial score (nSPS) is 10.9. The molecule has 5 heteroatoms. The predicted molar refractivity (Wildman–Crippen MR) is 79.5 cm³/mol. The van der Waals surface area contributed by atoms with Crippen LogP contribution in [0.2, 0.25) is 0 Å². The second-order valence-electron chi connectivity index (χ2n) is 4.34. The quantitative estimate of drug-likeness (QED) is 0.855. The van der Waals surface area contributed by atoms with Gasteiger partial charge in [-0.25, -0.2) is 9.18 Å². The lowest BCUT2D eigenvalue weighted by atomic mass is 10.1. The van der Waals surface area contributed by atoms with Gasteiger partial charge in [-0.1, -0.05) is 12.1 Å². The van der Waals surface area contributed by atoms with E-state index in [1.165, 1.54) is 12.1 Å². The van der Waals surface area contributed by atoms with Gasteiger partial charge in [0.25, 0.3) is 0 Å². The number of para-hydroxylation sites is 1. The van der Waals surface area contributed by atoms with E-state index >= 15 is 0 Å². The third-order valence-electron chi connectivity index (χ3n) is 2.81. The van der Waals surface area contributed by atoms with Crippen LogP contribution in [0.25, 0.3) is 6.08 Å². The number of thiophene rings is 1. The average Bonchev–Trinajstić information content (AvgIpc) is 2.88. The number of rotatable bonds is 5. The lowest BCUT2D eigenvalue weighted by Crippen LogP contribution is -2.18. The Kier molecular flexibility index (Phi) is 4.53. The van der Waals surface area contributed by atoms with E-state index in [1.54, 1.807) is 35.4 Å². The number of hydrogen-bond donors (Lipinski definition) is 1. The molecule has 0 unspecified atom stereocenters. The highest BCUT2D eigenvalue weighted by Gasteiger charge is 2.12. The maximum absolute atomic E-state index is 14.0. The fourth-order valence-electron chi connectivity index (χ4n) is 1.97. The number of carboxylic acid groups (broad SMARTS) is 1. The molecule has 1 heterocycles. The van der Waals surface area contributed by atoms with Gasteiger partial charge in [0.15, 0.2) is 0 Å². The minimum Gasteiger partial charge on any atom is -0.478 e. The minimum atomic E-state index is -1.05. The second-order valence-corrected chi connectivity index (χ2v) is 5.12. The summed E-state index contributed by atoms with van der Waals surface area (Å²) in [6.07, 6.45) is 2.42. The molecule has 104 valence electrons. The van der Waals surface area contributed by atoms with Crippen LogP contribution in [0.4, 0.5) is 10.1 Å². The third-order valence-corrected chi connectivity index (χ3v) is 3.54. The summed E-state index contributed by atoms with van der Waals surface area (Å²) < 4.78 is 14.0. The highest BCUT2D eigenvalue weighted by atomic mass is 32.1. The largest absolute Gasteiger partial charge is 0.478 e. The first-order chi connectivity index (χ1) is 9.58. The molecule has 2 rings (SSSR count). The fourth-order valence-corrected chi connectivity index (χ4v) is 2.63. The Labute approximate surface area is 120 Å². The van der Waals surface area contributed by atoms with Gasteiger partial charge in [-0.2, -0.15) is 11.3 Å². The summed E-state index contributed by atoms with van der Waals surface area (Å²) in [4.78, 5) is 12.4. The number of carbonyl (C=O) groups is 1. The van der Waals surface area contributed by atoms with Gasteiger partial charge in [-0.05, 0) is 34.5 Å². The fraction of sp³-hybridized carbons (Fsp3) is 0.133. The van der Waals surface area contributed by atoms with Crippen LogP contribution < -0.4 is 4.90 Å². The Morgan fingerprint density at radius 1 is 1.45 bits per heavy atom. The van der Waals surface area contributed by atoms with Crippen LogP contribution in [-0.2, 0) is 11.3 Å². The van der Waals surface area contributed by atoms with Gasteiger partial charge in [0.05, 0.1) is 5.69 Å². The van der Waals surface area contributed by atoms with E-state index < -0.39 is 5.97 Å². The van der Waals surface area contributed by atoms with Gasteiger partial charge in [-0.15, -0.1) is 0 Å². The highest BCUT2D eigenvalue weighted by Crippen LogP contribution is 2.26. The molecule has 3 nitrogen and oxygen atoms in total. The number of anilines is 1. The van der Waals surface area contributed by atoms with Gasteiger partial charge >= 0.3 is 5.97 Å². The number of benzene rings is 1. The van der Waals surface area contributed by atoms with Crippen molar-refractivity contribution in [1.82, 2.24) is 0 Å². The Balaban J connectivity index is 2.31. The van der Waals surface area contributed by atoms with Gasteiger partial charge in [0.1, 0.15) is 5.82 Å². The van der Waals surface area contributed by atoms with Gasteiger partial charge < -0.3 is 10.0 Å². The van der Waals surface area contributed by atoms with Crippen molar-refractivity contribution in [3.8, 4) is 0 Å². The Morgan fingerprint density at radius 3 is 2.90 bits per heavy atom. The van der Waals surface area contributed by atoms with Gasteiger partial charge in [0, 0.05) is 25.2 Å². The molecule has 1 N–H and O–H groups in total. The molecule has 0 atom stereocenters. The minimum absolute atomic E-state index is 0.365. The Bertz CT molecular complexity index is 623. The number of carboxylic acids is 1. The molecule has 0 radical (unpaired) electrons. The molecule has 0 amide bonds. The zero-order valence-electron chi connectivity index (χ0n) is 10.9. The maximum Gasteiger partial charge on any atom is 0.328 e. The predicted octanol–water partition coefficient (Wildman–Crippen LogP) is 3.62. The van der Waals surface area contributed by atoms with Crippen molar-refractivity contribution in [1.29, 1.82) is 0 Å². The van der Waals surface area contributed by atoms with Crippen molar-refractivity contribution in [2.45, 2.75) is 6.54 Å². The first-order valence-electron chi connectivity index (χ1n) is 5.99. The second kappa shape index (κ2) is 6.34. The molecule has 0 saturated carbocycles. The Morgan fingerprint density at radius 2 is 2.25 bits per heavy atom. The molecule has 0 aliphatic carbocycles. The highest BCUT2D eigenvalue weighted by molar-refractivity contribution is 7.07. The number of aliphatic carboxylic acids is 1. The lowest BCUT2D eigenvalue weighted by molar-refractivity contribution is -0.131. The molecule has 1 aromatic carbocycles. The van der Waals surface area contributed by atoms with Gasteiger partial charge in [0.2, 0.25) is 0 Å². The summed E-state index contributed by atoms with van der Waals surface area (Å²) in [6, 6.07) is 6.62. The number of halogens is 1. The molecule has 20 heavy (non-hydrogen) atoms. The summed E-state index contributed by atoms with van der Waals surface area (Å²) in [7, 11) is 1.79. The van der Waals surface area contributed by atoms with Crippen molar-refractivity contribution >= 4 is 29.1 Å². The molecular weight excluding hydrogens is 277 g/mol. The molecule has 0 aliphatic heterocycles. The summed E-state index contributed by atoms with van der Waals surface area (Å²) in [5, 5.41) is 12.7. The van der Waals surface area contributed by atoms with Crippen LogP contribution in [0.5, 0.6) is 0 Å².